The first-order chi connectivity index (χ1) is 7.69. The minimum Gasteiger partial charge on any atom is -0.494 e. The molecular weight excluding hydrogens is 204 g/mol. The number of aromatic amines is 1. The van der Waals surface area contributed by atoms with Crippen LogP contribution in [0.5, 0.6) is 5.88 Å². The minimum absolute atomic E-state index is 0.00157. The standard InChI is InChI=1S/C12H12N2O2/c1-3-5-7-9-10(12(16)13-7)8(6-4-2)14-11(9)15/h3-4,13,16H,1-2,5-6H2. The van der Waals surface area contributed by atoms with Crippen molar-refractivity contribution in [1.82, 2.24) is 4.98 Å². The number of carbonyl (C=O) groups excluding carboxylic acids is 1. The van der Waals surface area contributed by atoms with Gasteiger partial charge in [-0.1, -0.05) is 12.2 Å². The van der Waals surface area contributed by atoms with E-state index in [0.29, 0.717) is 35.4 Å². The number of rotatable bonds is 4. The largest absolute Gasteiger partial charge is 0.494 e. The number of nitrogens with one attached hydrogen (secondary N) is 1. The van der Waals surface area contributed by atoms with Gasteiger partial charge >= 0.3 is 0 Å². The van der Waals surface area contributed by atoms with E-state index in [-0.39, 0.29) is 11.8 Å². The minimum atomic E-state index is -0.305. The van der Waals surface area contributed by atoms with Crippen LogP contribution in [0.1, 0.15) is 28.0 Å². The molecule has 1 amide bonds. The first-order valence-electron chi connectivity index (χ1n) is 4.97. The first kappa shape index (κ1) is 10.4. The van der Waals surface area contributed by atoms with E-state index >= 15 is 0 Å². The lowest BCUT2D eigenvalue weighted by atomic mass is 10.1. The second-order valence-electron chi connectivity index (χ2n) is 3.55. The Bertz CT molecular complexity index is 509. The summed E-state index contributed by atoms with van der Waals surface area (Å²) >= 11 is 0. The van der Waals surface area contributed by atoms with Crippen LogP contribution >= 0.6 is 0 Å². The summed E-state index contributed by atoms with van der Waals surface area (Å²) in [5.74, 6) is -0.307. The van der Waals surface area contributed by atoms with Crippen LogP contribution in [0.3, 0.4) is 0 Å². The predicted molar refractivity (Wildman–Crippen MR) is 62.0 cm³/mol. The summed E-state index contributed by atoms with van der Waals surface area (Å²) in [6, 6.07) is 0. The van der Waals surface area contributed by atoms with Gasteiger partial charge in [0.2, 0.25) is 0 Å². The quantitative estimate of drug-likeness (QED) is 0.755. The number of hydrogen-bond donors (Lipinski definition) is 2. The highest BCUT2D eigenvalue weighted by Crippen LogP contribution is 2.32. The number of nitrogens with zero attached hydrogens (tertiary/aromatic N) is 1. The fourth-order valence-electron chi connectivity index (χ4n) is 1.87. The van der Waals surface area contributed by atoms with Crippen LogP contribution < -0.4 is 0 Å². The zero-order valence-electron chi connectivity index (χ0n) is 8.79. The van der Waals surface area contributed by atoms with Crippen molar-refractivity contribution in [3.63, 3.8) is 0 Å². The molecule has 1 aromatic heterocycles. The molecular formula is C12H12N2O2. The Morgan fingerprint density at radius 2 is 1.94 bits per heavy atom. The summed E-state index contributed by atoms with van der Waals surface area (Å²) in [7, 11) is 0. The van der Waals surface area contributed by atoms with Gasteiger partial charge < -0.3 is 10.1 Å². The van der Waals surface area contributed by atoms with Crippen molar-refractivity contribution in [2.75, 3.05) is 0 Å². The van der Waals surface area contributed by atoms with Crippen LogP contribution in [0.2, 0.25) is 0 Å². The van der Waals surface area contributed by atoms with Gasteiger partial charge in [0.15, 0.2) is 5.88 Å². The molecule has 2 N–H and O–H groups in total. The smallest absolute Gasteiger partial charge is 0.279 e. The highest BCUT2D eigenvalue weighted by Gasteiger charge is 2.30. The molecule has 0 atom stereocenters. The number of aromatic nitrogens is 1. The second-order valence-corrected chi connectivity index (χ2v) is 3.55. The van der Waals surface area contributed by atoms with E-state index in [1.807, 2.05) is 0 Å². The van der Waals surface area contributed by atoms with Gasteiger partial charge in [-0.15, -0.1) is 13.2 Å². The van der Waals surface area contributed by atoms with Gasteiger partial charge in [-0.3, -0.25) is 4.79 Å². The normalized spacial score (nSPS) is 13.5. The fourth-order valence-corrected chi connectivity index (χ4v) is 1.87. The molecule has 0 aliphatic carbocycles. The molecule has 0 bridgehead atoms. The monoisotopic (exact) mass is 216 g/mol. The van der Waals surface area contributed by atoms with Gasteiger partial charge in [0.1, 0.15) is 0 Å². The zero-order chi connectivity index (χ0) is 11.7. The van der Waals surface area contributed by atoms with E-state index in [1.165, 1.54) is 0 Å². The molecule has 2 rings (SSSR count). The molecule has 0 aromatic carbocycles. The number of hydrogen-bond acceptors (Lipinski definition) is 2. The van der Waals surface area contributed by atoms with Crippen LogP contribution in [-0.4, -0.2) is 21.7 Å². The van der Waals surface area contributed by atoms with Crippen LogP contribution in [0.25, 0.3) is 0 Å². The number of aromatic hydroxyl groups is 1. The molecule has 0 spiro atoms. The summed E-state index contributed by atoms with van der Waals surface area (Å²) in [5.41, 5.74) is 2.21. The summed E-state index contributed by atoms with van der Waals surface area (Å²) in [4.78, 5) is 18.4. The molecule has 0 saturated carbocycles. The van der Waals surface area contributed by atoms with Gasteiger partial charge in [0.25, 0.3) is 5.91 Å². The Morgan fingerprint density at radius 3 is 2.56 bits per heavy atom. The van der Waals surface area contributed by atoms with Crippen molar-refractivity contribution >= 4 is 11.6 Å². The molecule has 1 aliphatic rings. The molecule has 4 heteroatoms. The Hall–Kier alpha value is -2.10. The van der Waals surface area contributed by atoms with Gasteiger partial charge in [0, 0.05) is 18.5 Å². The maximum atomic E-state index is 11.7. The topological polar surface area (TPSA) is 65.5 Å². The number of amides is 1. The molecule has 2 heterocycles. The summed E-state index contributed by atoms with van der Waals surface area (Å²) < 4.78 is 0. The maximum Gasteiger partial charge on any atom is 0.279 e. The number of aliphatic imine (C=N–C) groups is 1. The van der Waals surface area contributed by atoms with Gasteiger partial charge in [-0.05, 0) is 0 Å². The molecule has 0 fully saturated rings. The van der Waals surface area contributed by atoms with Gasteiger partial charge in [0.05, 0.1) is 16.8 Å². The lowest BCUT2D eigenvalue weighted by molar-refractivity contribution is 0.101. The van der Waals surface area contributed by atoms with Crippen LogP contribution in [0.4, 0.5) is 0 Å². The molecule has 0 unspecified atom stereocenters. The molecule has 0 saturated heterocycles. The highest BCUT2D eigenvalue weighted by atomic mass is 16.3. The van der Waals surface area contributed by atoms with Crippen molar-refractivity contribution in [3.05, 3.63) is 42.1 Å². The average molecular weight is 216 g/mol. The van der Waals surface area contributed by atoms with E-state index in [2.05, 4.69) is 23.1 Å². The van der Waals surface area contributed by atoms with Gasteiger partial charge in [-0.25, -0.2) is 4.99 Å². The molecule has 0 radical (unpaired) electrons. The Labute approximate surface area is 93.0 Å². The molecule has 1 aliphatic heterocycles. The van der Waals surface area contributed by atoms with E-state index in [1.54, 1.807) is 12.2 Å². The third kappa shape index (κ3) is 1.39. The highest BCUT2D eigenvalue weighted by molar-refractivity contribution is 6.23. The molecule has 1 aromatic rings. The van der Waals surface area contributed by atoms with Crippen LogP contribution in [0, 0.1) is 0 Å². The Kier molecular flexibility index (Phi) is 2.48. The van der Waals surface area contributed by atoms with E-state index in [4.69, 9.17) is 0 Å². The second kappa shape index (κ2) is 3.81. The van der Waals surface area contributed by atoms with Crippen molar-refractivity contribution < 1.29 is 9.90 Å². The number of carbonyl (C=O) groups is 1. The summed E-state index contributed by atoms with van der Waals surface area (Å²) in [6.45, 7) is 7.20. The van der Waals surface area contributed by atoms with Gasteiger partial charge in [-0.2, -0.15) is 0 Å². The number of fused-ring (bicyclic) bond motifs is 1. The van der Waals surface area contributed by atoms with Crippen LogP contribution in [-0.2, 0) is 6.42 Å². The fraction of sp³-hybridized carbons (Fsp3) is 0.167. The third-order valence-electron chi connectivity index (χ3n) is 2.48. The Morgan fingerprint density at radius 1 is 1.25 bits per heavy atom. The maximum absolute atomic E-state index is 11.7. The van der Waals surface area contributed by atoms with Crippen LogP contribution in [0.15, 0.2) is 30.3 Å². The average Bonchev–Trinajstić information content (AvgIpc) is 2.71. The lowest BCUT2D eigenvalue weighted by Crippen LogP contribution is -1.95. The SMILES string of the molecule is C=CCC1=NC(=O)c2c(CC=C)[nH]c(O)c21. The third-order valence-corrected chi connectivity index (χ3v) is 2.48. The van der Waals surface area contributed by atoms with Crippen molar-refractivity contribution in [2.45, 2.75) is 12.8 Å². The first-order valence-corrected chi connectivity index (χ1v) is 4.97. The summed E-state index contributed by atoms with van der Waals surface area (Å²) in [5, 5.41) is 9.74. The predicted octanol–water partition coefficient (Wildman–Crippen LogP) is 1.97. The lowest BCUT2D eigenvalue weighted by Gasteiger charge is -1.94. The molecule has 16 heavy (non-hydrogen) atoms. The zero-order valence-corrected chi connectivity index (χ0v) is 8.79. The van der Waals surface area contributed by atoms with Crippen molar-refractivity contribution in [3.8, 4) is 5.88 Å². The van der Waals surface area contributed by atoms with E-state index < -0.39 is 0 Å². The van der Waals surface area contributed by atoms with E-state index in [0.717, 1.165) is 0 Å². The van der Waals surface area contributed by atoms with Crippen molar-refractivity contribution in [2.24, 2.45) is 4.99 Å². The number of H-pyrrole nitrogens is 1. The molecule has 4 nitrogen and oxygen atoms in total. The van der Waals surface area contributed by atoms with E-state index in [9.17, 15) is 9.90 Å². The molecule has 82 valence electrons. The number of allylic oxidation sites excluding steroid dienone is 2. The summed E-state index contributed by atoms with van der Waals surface area (Å²) in [6.07, 6.45) is 4.30. The Balaban J connectivity index is 2.54. The van der Waals surface area contributed by atoms with Crippen molar-refractivity contribution in [1.29, 1.82) is 0 Å².